The Hall–Kier alpha value is -0.590. The summed E-state index contributed by atoms with van der Waals surface area (Å²) in [5.74, 6) is 0. The quantitative estimate of drug-likeness (QED) is 0.655. The first-order valence-electron chi connectivity index (χ1n) is 4.59. The SMILES string of the molecule is N#CCC1(CN2CC(N)C2)CC1. The predicted molar refractivity (Wildman–Crippen MR) is 46.3 cm³/mol. The van der Waals surface area contributed by atoms with Gasteiger partial charge >= 0.3 is 0 Å². The van der Waals surface area contributed by atoms with Gasteiger partial charge in [0.1, 0.15) is 0 Å². The Balaban J connectivity index is 1.76. The molecule has 0 radical (unpaired) electrons. The van der Waals surface area contributed by atoms with Gasteiger partial charge in [0.15, 0.2) is 0 Å². The Bertz CT molecular complexity index is 208. The lowest BCUT2D eigenvalue weighted by Crippen LogP contribution is -2.56. The fourth-order valence-corrected chi connectivity index (χ4v) is 1.95. The molecule has 0 aromatic heterocycles. The van der Waals surface area contributed by atoms with Crippen molar-refractivity contribution in [2.24, 2.45) is 11.1 Å². The molecule has 1 heterocycles. The van der Waals surface area contributed by atoms with Crippen molar-refractivity contribution >= 4 is 0 Å². The Morgan fingerprint density at radius 2 is 2.17 bits per heavy atom. The van der Waals surface area contributed by atoms with E-state index in [1.807, 2.05) is 0 Å². The summed E-state index contributed by atoms with van der Waals surface area (Å²) >= 11 is 0. The summed E-state index contributed by atoms with van der Waals surface area (Å²) in [6.45, 7) is 3.18. The van der Waals surface area contributed by atoms with E-state index in [0.29, 0.717) is 11.5 Å². The maximum Gasteiger partial charge on any atom is 0.0628 e. The lowest BCUT2D eigenvalue weighted by molar-refractivity contribution is 0.120. The lowest BCUT2D eigenvalue weighted by atomic mass is 9.99. The second-order valence-electron chi connectivity index (χ2n) is 4.29. The first-order valence-corrected chi connectivity index (χ1v) is 4.59. The maximum atomic E-state index is 8.60. The summed E-state index contributed by atoms with van der Waals surface area (Å²) in [6, 6.07) is 2.67. The van der Waals surface area contributed by atoms with Crippen molar-refractivity contribution in [3.05, 3.63) is 0 Å². The molecule has 0 amide bonds. The van der Waals surface area contributed by atoms with E-state index >= 15 is 0 Å². The molecule has 2 rings (SSSR count). The van der Waals surface area contributed by atoms with Gasteiger partial charge in [0.2, 0.25) is 0 Å². The number of nitrogens with zero attached hydrogens (tertiary/aromatic N) is 2. The van der Waals surface area contributed by atoms with E-state index in [0.717, 1.165) is 26.1 Å². The Morgan fingerprint density at radius 1 is 1.50 bits per heavy atom. The molecule has 12 heavy (non-hydrogen) atoms. The molecule has 1 saturated carbocycles. The van der Waals surface area contributed by atoms with Crippen molar-refractivity contribution in [1.29, 1.82) is 5.26 Å². The Kier molecular flexibility index (Phi) is 1.82. The van der Waals surface area contributed by atoms with Crippen LogP contribution in [0, 0.1) is 16.7 Å². The van der Waals surface area contributed by atoms with Gasteiger partial charge in [-0.25, -0.2) is 0 Å². The molecule has 1 aliphatic carbocycles. The van der Waals surface area contributed by atoms with Gasteiger partial charge in [-0.1, -0.05) is 0 Å². The molecule has 0 bridgehead atoms. The van der Waals surface area contributed by atoms with E-state index in [1.54, 1.807) is 0 Å². The maximum absolute atomic E-state index is 8.60. The molecular formula is C9H15N3. The zero-order valence-electron chi connectivity index (χ0n) is 7.29. The van der Waals surface area contributed by atoms with Crippen molar-refractivity contribution in [3.63, 3.8) is 0 Å². The van der Waals surface area contributed by atoms with E-state index in [-0.39, 0.29) is 0 Å². The second kappa shape index (κ2) is 2.72. The van der Waals surface area contributed by atoms with Gasteiger partial charge in [-0.3, -0.25) is 4.90 Å². The van der Waals surface area contributed by atoms with Gasteiger partial charge in [-0.15, -0.1) is 0 Å². The molecule has 0 atom stereocenters. The molecule has 3 heteroatoms. The van der Waals surface area contributed by atoms with Gasteiger partial charge in [-0.05, 0) is 18.3 Å². The Labute approximate surface area is 73.1 Å². The average Bonchev–Trinajstić information content (AvgIpc) is 2.67. The number of nitriles is 1. The number of hydrogen-bond donors (Lipinski definition) is 1. The first-order chi connectivity index (χ1) is 5.74. The van der Waals surface area contributed by atoms with Crippen LogP contribution in [0.4, 0.5) is 0 Å². The highest BCUT2D eigenvalue weighted by Gasteiger charge is 2.45. The van der Waals surface area contributed by atoms with Crippen molar-refractivity contribution in [2.75, 3.05) is 19.6 Å². The number of rotatable bonds is 3. The third-order valence-corrected chi connectivity index (χ3v) is 2.96. The highest BCUT2D eigenvalue weighted by molar-refractivity contribution is 5.02. The van der Waals surface area contributed by atoms with Crippen molar-refractivity contribution in [3.8, 4) is 6.07 Å². The van der Waals surface area contributed by atoms with Crippen LogP contribution in [-0.2, 0) is 0 Å². The minimum absolute atomic E-state index is 0.370. The fraction of sp³-hybridized carbons (Fsp3) is 0.889. The van der Waals surface area contributed by atoms with E-state index < -0.39 is 0 Å². The minimum Gasteiger partial charge on any atom is -0.325 e. The summed E-state index contributed by atoms with van der Waals surface area (Å²) in [6.07, 6.45) is 3.22. The molecular weight excluding hydrogens is 150 g/mol. The monoisotopic (exact) mass is 165 g/mol. The fourth-order valence-electron chi connectivity index (χ4n) is 1.95. The molecule has 2 aliphatic rings. The van der Waals surface area contributed by atoms with Crippen LogP contribution in [0.1, 0.15) is 19.3 Å². The summed E-state index contributed by atoms with van der Waals surface area (Å²) in [5.41, 5.74) is 6.05. The molecule has 0 aromatic rings. The largest absolute Gasteiger partial charge is 0.325 e. The molecule has 66 valence electrons. The van der Waals surface area contributed by atoms with Crippen LogP contribution in [-0.4, -0.2) is 30.6 Å². The molecule has 1 saturated heterocycles. The predicted octanol–water partition coefficient (Wildman–Crippen LogP) is 0.323. The second-order valence-corrected chi connectivity index (χ2v) is 4.29. The van der Waals surface area contributed by atoms with E-state index in [2.05, 4.69) is 11.0 Å². The molecule has 0 spiro atoms. The normalized spacial score (nSPS) is 27.7. The highest BCUT2D eigenvalue weighted by atomic mass is 15.2. The zero-order chi connectivity index (χ0) is 8.60. The molecule has 1 aliphatic heterocycles. The molecule has 0 unspecified atom stereocenters. The van der Waals surface area contributed by atoms with Crippen LogP contribution in [0.15, 0.2) is 0 Å². The minimum atomic E-state index is 0.370. The molecule has 2 N–H and O–H groups in total. The van der Waals surface area contributed by atoms with Crippen molar-refractivity contribution in [1.82, 2.24) is 4.90 Å². The van der Waals surface area contributed by atoms with Gasteiger partial charge in [-0.2, -0.15) is 5.26 Å². The molecule has 2 fully saturated rings. The number of nitrogens with two attached hydrogens (primary N) is 1. The average molecular weight is 165 g/mol. The van der Waals surface area contributed by atoms with E-state index in [4.69, 9.17) is 11.0 Å². The summed E-state index contributed by atoms with van der Waals surface area (Å²) in [5, 5.41) is 8.60. The van der Waals surface area contributed by atoms with Crippen LogP contribution in [0.25, 0.3) is 0 Å². The first kappa shape index (κ1) is 8.03. The van der Waals surface area contributed by atoms with Gasteiger partial charge in [0.25, 0.3) is 0 Å². The topological polar surface area (TPSA) is 53.0 Å². The number of hydrogen-bond acceptors (Lipinski definition) is 3. The van der Waals surface area contributed by atoms with E-state index in [9.17, 15) is 0 Å². The summed E-state index contributed by atoms with van der Waals surface area (Å²) < 4.78 is 0. The van der Waals surface area contributed by atoms with Crippen LogP contribution in [0.3, 0.4) is 0 Å². The van der Waals surface area contributed by atoms with E-state index in [1.165, 1.54) is 12.8 Å². The zero-order valence-corrected chi connectivity index (χ0v) is 7.29. The third-order valence-electron chi connectivity index (χ3n) is 2.96. The molecule has 0 aromatic carbocycles. The smallest absolute Gasteiger partial charge is 0.0628 e. The van der Waals surface area contributed by atoms with Gasteiger partial charge in [0.05, 0.1) is 6.07 Å². The van der Waals surface area contributed by atoms with Crippen LogP contribution < -0.4 is 5.73 Å². The summed E-state index contributed by atoms with van der Waals surface area (Å²) in [7, 11) is 0. The standard InChI is InChI=1S/C9H15N3/c10-4-3-9(1-2-9)7-12-5-8(11)6-12/h8H,1-3,5-7,11H2. The van der Waals surface area contributed by atoms with Crippen molar-refractivity contribution < 1.29 is 0 Å². The van der Waals surface area contributed by atoms with Gasteiger partial charge < -0.3 is 5.73 Å². The van der Waals surface area contributed by atoms with Crippen LogP contribution >= 0.6 is 0 Å². The molecule has 3 nitrogen and oxygen atoms in total. The lowest BCUT2D eigenvalue weighted by Gasteiger charge is -2.38. The third kappa shape index (κ3) is 1.45. The summed E-state index contributed by atoms with van der Waals surface area (Å²) in [4.78, 5) is 2.37. The van der Waals surface area contributed by atoms with Gasteiger partial charge in [0, 0.05) is 32.1 Å². The van der Waals surface area contributed by atoms with Crippen molar-refractivity contribution in [2.45, 2.75) is 25.3 Å². The van der Waals surface area contributed by atoms with Crippen LogP contribution in [0.2, 0.25) is 0 Å². The number of likely N-dealkylation sites (tertiary alicyclic amines) is 1. The van der Waals surface area contributed by atoms with Crippen LogP contribution in [0.5, 0.6) is 0 Å². The Morgan fingerprint density at radius 3 is 2.58 bits per heavy atom. The highest BCUT2D eigenvalue weighted by Crippen LogP contribution is 2.49.